The van der Waals surface area contributed by atoms with Gasteiger partial charge in [0, 0.05) is 46.4 Å². The number of carbonyl (C=O) groups is 2. The molecule has 1 saturated heterocycles. The van der Waals surface area contributed by atoms with Crippen LogP contribution in [0.2, 0.25) is 0 Å². The van der Waals surface area contributed by atoms with Crippen molar-refractivity contribution in [2.45, 2.75) is 78.6 Å². The maximum atomic E-state index is 14.4. The molecule has 11 nitrogen and oxygen atoms in total. The van der Waals surface area contributed by atoms with Gasteiger partial charge in [-0.1, -0.05) is 26.0 Å². The molecule has 0 bridgehead atoms. The van der Waals surface area contributed by atoms with Crippen LogP contribution >= 0.6 is 0 Å². The molecule has 0 saturated carbocycles. The highest BCUT2D eigenvalue weighted by Gasteiger charge is 2.38. The van der Waals surface area contributed by atoms with Gasteiger partial charge in [0.1, 0.15) is 18.3 Å². The van der Waals surface area contributed by atoms with Crippen molar-refractivity contribution in [3.8, 4) is 0 Å². The molecule has 0 aliphatic carbocycles. The van der Waals surface area contributed by atoms with Crippen LogP contribution in [-0.4, -0.2) is 91.1 Å². The number of benzene rings is 1. The molecule has 1 fully saturated rings. The molecule has 11 heteroatoms. The van der Waals surface area contributed by atoms with Crippen molar-refractivity contribution < 1.29 is 19.1 Å². The number of carbonyl (C=O) groups excluding carboxylic acids is 2. The van der Waals surface area contributed by atoms with Crippen LogP contribution in [0.3, 0.4) is 0 Å². The molecular weight excluding hydrogens is 522 g/mol. The third-order valence-corrected chi connectivity index (χ3v) is 7.17. The van der Waals surface area contributed by atoms with Crippen molar-refractivity contribution in [2.24, 2.45) is 11.8 Å². The number of unbranched alkanes of at least 4 members (excludes halogenated alkanes) is 1. The van der Waals surface area contributed by atoms with Crippen LogP contribution in [0.15, 0.2) is 36.9 Å². The molecule has 2 aromatic heterocycles. The zero-order valence-corrected chi connectivity index (χ0v) is 25.3. The number of piperidine rings is 1. The summed E-state index contributed by atoms with van der Waals surface area (Å²) in [7, 11) is 1.70. The Labute approximate surface area is 242 Å². The summed E-state index contributed by atoms with van der Waals surface area (Å²) in [6, 6.07) is 7.68. The Morgan fingerprint density at radius 1 is 1.15 bits per heavy atom. The minimum atomic E-state index is -0.619. The Balaban J connectivity index is 1.66. The summed E-state index contributed by atoms with van der Waals surface area (Å²) in [5.41, 5.74) is 1.13. The molecule has 2 atom stereocenters. The molecule has 1 aromatic carbocycles. The predicted octanol–water partition coefficient (Wildman–Crippen LogP) is 4.48. The maximum Gasteiger partial charge on any atom is 0.410 e. The Hall–Kier alpha value is -3.47. The first-order valence-corrected chi connectivity index (χ1v) is 14.6. The molecule has 0 unspecified atom stereocenters. The van der Waals surface area contributed by atoms with E-state index in [1.54, 1.807) is 23.0 Å². The van der Waals surface area contributed by atoms with Gasteiger partial charge >= 0.3 is 6.09 Å². The molecule has 3 heterocycles. The molecule has 0 radical (unpaired) electrons. The number of likely N-dealkylation sites (tertiary alicyclic amines) is 1. The molecule has 0 spiro atoms. The zero-order valence-electron chi connectivity index (χ0n) is 25.3. The Bertz CT molecular complexity index is 1280. The van der Waals surface area contributed by atoms with E-state index in [1.807, 2.05) is 54.5 Å². The lowest BCUT2D eigenvalue weighted by Gasteiger charge is -2.43. The van der Waals surface area contributed by atoms with E-state index in [-0.39, 0.29) is 29.9 Å². The van der Waals surface area contributed by atoms with Gasteiger partial charge in [0.2, 0.25) is 0 Å². The molecular formula is C30H45N7O4. The molecule has 1 aliphatic heterocycles. The minimum Gasteiger partial charge on any atom is -0.444 e. The lowest BCUT2D eigenvalue weighted by Crippen LogP contribution is -2.56. The van der Waals surface area contributed by atoms with E-state index in [1.165, 1.54) is 6.33 Å². The van der Waals surface area contributed by atoms with Crippen molar-refractivity contribution >= 4 is 23.0 Å². The first-order valence-electron chi connectivity index (χ1n) is 14.6. The first kappa shape index (κ1) is 30.5. The Morgan fingerprint density at radius 3 is 2.61 bits per heavy atom. The number of aromatic nitrogens is 5. The van der Waals surface area contributed by atoms with E-state index in [9.17, 15) is 9.59 Å². The lowest BCUT2D eigenvalue weighted by molar-refractivity contribution is -0.000981. The number of methoxy groups -OCH3 is 1. The number of nitrogens with zero attached hydrogens (tertiary/aromatic N) is 7. The summed E-state index contributed by atoms with van der Waals surface area (Å²) in [5, 5.41) is 4.29. The normalized spacial score (nSPS) is 17.8. The molecule has 41 heavy (non-hydrogen) atoms. The highest BCUT2D eigenvalue weighted by molar-refractivity contribution is 5.95. The highest BCUT2D eigenvalue weighted by Crippen LogP contribution is 2.27. The number of ether oxygens (including phenoxy) is 2. The summed E-state index contributed by atoms with van der Waals surface area (Å²) in [5.74, 6) is 0.617. The Morgan fingerprint density at radius 2 is 1.93 bits per heavy atom. The van der Waals surface area contributed by atoms with Crippen molar-refractivity contribution in [3.05, 3.63) is 42.7 Å². The fourth-order valence-electron chi connectivity index (χ4n) is 5.50. The van der Waals surface area contributed by atoms with Gasteiger partial charge in [0.15, 0.2) is 5.82 Å². The maximum absolute atomic E-state index is 14.4. The zero-order chi connectivity index (χ0) is 29.6. The highest BCUT2D eigenvalue weighted by atomic mass is 16.6. The minimum absolute atomic E-state index is 0.0679. The molecule has 2 amide bonds. The van der Waals surface area contributed by atoms with Crippen LogP contribution in [0.5, 0.6) is 0 Å². The quantitative estimate of drug-likeness (QED) is 0.315. The van der Waals surface area contributed by atoms with Crippen LogP contribution in [0.4, 0.5) is 4.79 Å². The van der Waals surface area contributed by atoms with E-state index in [0.717, 1.165) is 30.3 Å². The van der Waals surface area contributed by atoms with E-state index in [2.05, 4.69) is 23.9 Å². The van der Waals surface area contributed by atoms with Crippen molar-refractivity contribution in [1.29, 1.82) is 0 Å². The van der Waals surface area contributed by atoms with Crippen LogP contribution in [0, 0.1) is 11.8 Å². The summed E-state index contributed by atoms with van der Waals surface area (Å²) >= 11 is 0. The van der Waals surface area contributed by atoms with Gasteiger partial charge in [-0.05, 0) is 64.0 Å². The van der Waals surface area contributed by atoms with Crippen molar-refractivity contribution in [1.82, 2.24) is 34.1 Å². The molecule has 0 N–H and O–H groups in total. The number of imidazole rings is 1. The fourth-order valence-corrected chi connectivity index (χ4v) is 5.50. The van der Waals surface area contributed by atoms with Crippen LogP contribution in [-0.2, 0) is 22.6 Å². The predicted molar refractivity (Wildman–Crippen MR) is 156 cm³/mol. The first-order chi connectivity index (χ1) is 19.6. The standard InChI is InChI=1S/C30H45N7O4/c1-22(2)16-37(28(38)27-33-25-11-7-8-12-26(25)36(27)13-9-10-14-40-6)24-15-23(18-35-21-31-20-32-35)17-34(19-24)29(39)41-30(3,4)5/h7-8,11-12,20-24H,9-10,13-19H2,1-6H3/t23-,24+/m1/s1. The molecule has 1 aliphatic rings. The summed E-state index contributed by atoms with van der Waals surface area (Å²) < 4.78 is 14.8. The second kappa shape index (κ2) is 13.5. The van der Waals surface area contributed by atoms with Gasteiger partial charge in [0.05, 0.1) is 17.1 Å². The van der Waals surface area contributed by atoms with Gasteiger partial charge in [0.25, 0.3) is 5.91 Å². The molecule has 4 rings (SSSR count). The Kier molecular flexibility index (Phi) is 10.0. The largest absolute Gasteiger partial charge is 0.444 e. The van der Waals surface area contributed by atoms with Gasteiger partial charge in [-0.25, -0.2) is 14.8 Å². The fraction of sp³-hybridized carbons (Fsp3) is 0.633. The third-order valence-electron chi connectivity index (χ3n) is 7.17. The van der Waals surface area contributed by atoms with Crippen LogP contribution in [0.1, 0.15) is 64.5 Å². The topological polar surface area (TPSA) is 108 Å². The van der Waals surface area contributed by atoms with Gasteiger partial charge in [-0.15, -0.1) is 0 Å². The number of hydrogen-bond acceptors (Lipinski definition) is 7. The number of aryl methyl sites for hydroxylation is 1. The van der Waals surface area contributed by atoms with Gasteiger partial charge in [-0.3, -0.25) is 9.48 Å². The van der Waals surface area contributed by atoms with E-state index in [4.69, 9.17) is 14.5 Å². The number of fused-ring (bicyclic) bond motifs is 1. The number of rotatable bonds is 11. The number of amides is 2. The molecule has 224 valence electrons. The average Bonchev–Trinajstić information content (AvgIpc) is 3.56. The number of hydrogen-bond donors (Lipinski definition) is 0. The smallest absolute Gasteiger partial charge is 0.410 e. The summed E-state index contributed by atoms with van der Waals surface area (Å²) in [6.07, 6.45) is 5.32. The lowest BCUT2D eigenvalue weighted by atomic mass is 9.92. The van der Waals surface area contributed by atoms with Gasteiger partial charge in [-0.2, -0.15) is 5.10 Å². The molecule has 3 aromatic rings. The van der Waals surface area contributed by atoms with Crippen LogP contribution in [0.25, 0.3) is 11.0 Å². The van der Waals surface area contributed by atoms with E-state index >= 15 is 0 Å². The SMILES string of the molecule is COCCCCn1c(C(=O)N(CC(C)C)[C@H]2C[C@@H](Cn3cncn3)CN(C(=O)OC(C)(C)C)C2)nc2ccccc21. The van der Waals surface area contributed by atoms with Gasteiger partial charge < -0.3 is 23.8 Å². The van der Waals surface area contributed by atoms with E-state index in [0.29, 0.717) is 45.2 Å². The number of para-hydroxylation sites is 2. The summed E-state index contributed by atoms with van der Waals surface area (Å²) in [6.45, 7) is 13.2. The monoisotopic (exact) mass is 567 g/mol. The summed E-state index contributed by atoms with van der Waals surface area (Å²) in [4.78, 5) is 40.3. The van der Waals surface area contributed by atoms with Crippen LogP contribution < -0.4 is 0 Å². The third kappa shape index (κ3) is 8.06. The second-order valence-corrected chi connectivity index (χ2v) is 12.4. The van der Waals surface area contributed by atoms with Crippen molar-refractivity contribution in [2.75, 3.05) is 33.4 Å². The average molecular weight is 568 g/mol. The van der Waals surface area contributed by atoms with Crippen molar-refractivity contribution in [3.63, 3.8) is 0 Å². The second-order valence-electron chi connectivity index (χ2n) is 12.4. The van der Waals surface area contributed by atoms with E-state index < -0.39 is 5.60 Å².